The Kier molecular flexibility index (Phi) is 4.40. The summed E-state index contributed by atoms with van der Waals surface area (Å²) in [6.07, 6.45) is 0. The smallest absolute Gasteiger partial charge is 0.321 e. The van der Waals surface area contributed by atoms with E-state index in [1.54, 1.807) is 30.0 Å². The van der Waals surface area contributed by atoms with Crippen molar-refractivity contribution in [1.29, 1.82) is 0 Å². The highest BCUT2D eigenvalue weighted by Gasteiger charge is 2.37. The van der Waals surface area contributed by atoms with Gasteiger partial charge in [0, 0.05) is 24.0 Å². The van der Waals surface area contributed by atoms with E-state index >= 15 is 0 Å². The van der Waals surface area contributed by atoms with Crippen LogP contribution in [0.2, 0.25) is 10.0 Å². The van der Waals surface area contributed by atoms with E-state index in [1.807, 2.05) is 0 Å². The number of nitrogens with zero attached hydrogens (tertiary/aromatic N) is 1. The van der Waals surface area contributed by atoms with E-state index in [4.69, 9.17) is 28.3 Å². The number of likely N-dealkylation sites (tertiary alicyclic amines) is 1. The van der Waals surface area contributed by atoms with Crippen LogP contribution in [0.4, 0.5) is 10.5 Å². The number of carbonyl (C=O) groups is 2. The number of carboxylic acid groups (broad SMARTS) is 1. The van der Waals surface area contributed by atoms with Gasteiger partial charge in [0.25, 0.3) is 0 Å². The maximum Gasteiger partial charge on any atom is 0.321 e. The third kappa shape index (κ3) is 3.16. The molecule has 0 spiro atoms. The summed E-state index contributed by atoms with van der Waals surface area (Å²) in [7, 11) is 0. The molecule has 1 aliphatic heterocycles. The Morgan fingerprint density at radius 1 is 1.40 bits per heavy atom. The SMILES string of the molecule is CC(C(=O)O)C1CN(C(=O)Nc2ccc(Cl)cc2Cl)C1. The van der Waals surface area contributed by atoms with Gasteiger partial charge in [-0.15, -0.1) is 0 Å². The third-order valence-corrected chi connectivity index (χ3v) is 4.01. The van der Waals surface area contributed by atoms with E-state index in [0.29, 0.717) is 28.8 Å². The van der Waals surface area contributed by atoms with Gasteiger partial charge in [-0.25, -0.2) is 4.79 Å². The molecule has 2 N–H and O–H groups in total. The first-order chi connectivity index (χ1) is 9.38. The number of nitrogens with one attached hydrogen (secondary N) is 1. The van der Waals surface area contributed by atoms with Crippen molar-refractivity contribution >= 4 is 40.9 Å². The normalized spacial score (nSPS) is 16.4. The number of benzene rings is 1. The van der Waals surface area contributed by atoms with Crippen LogP contribution in [-0.4, -0.2) is 35.1 Å². The Hall–Kier alpha value is -1.46. The van der Waals surface area contributed by atoms with E-state index in [2.05, 4.69) is 5.32 Å². The molecular weight excluding hydrogens is 303 g/mol. The highest BCUT2D eigenvalue weighted by Crippen LogP contribution is 2.28. The number of urea groups is 1. The molecule has 1 saturated heterocycles. The van der Waals surface area contributed by atoms with Crippen molar-refractivity contribution in [3.8, 4) is 0 Å². The number of hydrogen-bond donors (Lipinski definition) is 2. The lowest BCUT2D eigenvalue weighted by Gasteiger charge is -2.41. The Bertz CT molecular complexity index is 544. The molecule has 5 nitrogen and oxygen atoms in total. The summed E-state index contributed by atoms with van der Waals surface area (Å²) in [4.78, 5) is 24.3. The number of anilines is 1. The van der Waals surface area contributed by atoms with Crippen LogP contribution >= 0.6 is 23.2 Å². The molecule has 0 aliphatic carbocycles. The van der Waals surface area contributed by atoms with Crippen LogP contribution < -0.4 is 5.32 Å². The Labute approximate surface area is 126 Å². The monoisotopic (exact) mass is 316 g/mol. The van der Waals surface area contributed by atoms with Crippen molar-refractivity contribution in [2.45, 2.75) is 6.92 Å². The van der Waals surface area contributed by atoms with Gasteiger partial charge >= 0.3 is 12.0 Å². The predicted molar refractivity (Wildman–Crippen MR) is 77.3 cm³/mol. The zero-order valence-electron chi connectivity index (χ0n) is 10.8. The fraction of sp³-hybridized carbons (Fsp3) is 0.385. The molecule has 0 bridgehead atoms. The highest BCUT2D eigenvalue weighted by atomic mass is 35.5. The highest BCUT2D eigenvalue weighted by molar-refractivity contribution is 6.36. The second kappa shape index (κ2) is 5.89. The largest absolute Gasteiger partial charge is 0.481 e. The summed E-state index contributed by atoms with van der Waals surface area (Å²) in [6, 6.07) is 4.52. The van der Waals surface area contributed by atoms with Crippen LogP contribution in [0.15, 0.2) is 18.2 Å². The van der Waals surface area contributed by atoms with Crippen LogP contribution in [-0.2, 0) is 4.79 Å². The minimum Gasteiger partial charge on any atom is -0.481 e. The minimum atomic E-state index is -0.837. The molecule has 1 heterocycles. The summed E-state index contributed by atoms with van der Waals surface area (Å²) in [5, 5.41) is 12.4. The number of rotatable bonds is 3. The van der Waals surface area contributed by atoms with Crippen LogP contribution in [0.1, 0.15) is 6.92 Å². The lowest BCUT2D eigenvalue weighted by molar-refractivity contribution is -0.144. The first-order valence-corrected chi connectivity index (χ1v) is 6.88. The molecule has 1 aromatic carbocycles. The zero-order chi connectivity index (χ0) is 14.9. The van der Waals surface area contributed by atoms with Gasteiger partial charge in [0.05, 0.1) is 16.6 Å². The fourth-order valence-corrected chi connectivity index (χ4v) is 2.44. The van der Waals surface area contributed by atoms with Gasteiger partial charge in [-0.3, -0.25) is 4.79 Å². The average Bonchev–Trinajstić information content (AvgIpc) is 2.30. The van der Waals surface area contributed by atoms with Crippen LogP contribution in [0.25, 0.3) is 0 Å². The van der Waals surface area contributed by atoms with Crippen molar-refractivity contribution < 1.29 is 14.7 Å². The van der Waals surface area contributed by atoms with Gasteiger partial charge in [0.1, 0.15) is 0 Å². The first-order valence-electron chi connectivity index (χ1n) is 6.12. The lowest BCUT2D eigenvalue weighted by Crippen LogP contribution is -2.54. The topological polar surface area (TPSA) is 69.6 Å². The molecule has 108 valence electrons. The second-order valence-electron chi connectivity index (χ2n) is 4.85. The van der Waals surface area contributed by atoms with Gasteiger partial charge < -0.3 is 15.3 Å². The Balaban J connectivity index is 1.90. The number of aliphatic carboxylic acids is 1. The van der Waals surface area contributed by atoms with Gasteiger partial charge in [-0.1, -0.05) is 30.1 Å². The second-order valence-corrected chi connectivity index (χ2v) is 5.69. The Morgan fingerprint density at radius 3 is 2.60 bits per heavy atom. The van der Waals surface area contributed by atoms with Crippen molar-refractivity contribution in [3.63, 3.8) is 0 Å². The average molecular weight is 317 g/mol. The number of hydrogen-bond acceptors (Lipinski definition) is 2. The van der Waals surface area contributed by atoms with Crippen molar-refractivity contribution in [3.05, 3.63) is 28.2 Å². The van der Waals surface area contributed by atoms with Crippen LogP contribution in [0.5, 0.6) is 0 Å². The predicted octanol–water partition coefficient (Wildman–Crippen LogP) is 3.18. The van der Waals surface area contributed by atoms with E-state index in [9.17, 15) is 9.59 Å². The molecule has 1 atom stereocenters. The first kappa shape index (κ1) is 14.9. The summed E-state index contributed by atoms with van der Waals surface area (Å²) in [5.74, 6) is -1.28. The minimum absolute atomic E-state index is 0.000982. The van der Waals surface area contributed by atoms with E-state index in [0.717, 1.165) is 0 Å². The van der Waals surface area contributed by atoms with Gasteiger partial charge in [0.2, 0.25) is 0 Å². The third-order valence-electron chi connectivity index (χ3n) is 3.47. The van der Waals surface area contributed by atoms with Crippen molar-refractivity contribution in [1.82, 2.24) is 4.90 Å². The molecule has 1 aromatic rings. The standard InChI is InChI=1S/C13H14Cl2N2O3/c1-7(12(18)19)8-5-17(6-8)13(20)16-11-3-2-9(14)4-10(11)15/h2-4,7-8H,5-6H2,1H3,(H,16,20)(H,18,19). The molecule has 0 aromatic heterocycles. The zero-order valence-corrected chi connectivity index (χ0v) is 12.3. The molecule has 0 radical (unpaired) electrons. The van der Waals surface area contributed by atoms with Gasteiger partial charge in [-0.05, 0) is 18.2 Å². The van der Waals surface area contributed by atoms with Crippen molar-refractivity contribution in [2.75, 3.05) is 18.4 Å². The molecule has 7 heteroatoms. The summed E-state index contributed by atoms with van der Waals surface area (Å²) in [6.45, 7) is 2.52. The molecule has 2 rings (SSSR count). The molecule has 1 aliphatic rings. The van der Waals surface area contributed by atoms with Gasteiger partial charge in [-0.2, -0.15) is 0 Å². The van der Waals surface area contributed by atoms with E-state index in [1.165, 1.54) is 0 Å². The number of carbonyl (C=O) groups excluding carboxylic acids is 1. The maximum atomic E-state index is 11.9. The molecular formula is C13H14Cl2N2O3. The summed E-state index contributed by atoms with van der Waals surface area (Å²) < 4.78 is 0. The number of carboxylic acids is 1. The molecule has 2 amide bonds. The van der Waals surface area contributed by atoms with Crippen molar-refractivity contribution in [2.24, 2.45) is 11.8 Å². The lowest BCUT2D eigenvalue weighted by atomic mass is 9.87. The van der Waals surface area contributed by atoms with E-state index in [-0.39, 0.29) is 11.9 Å². The molecule has 0 saturated carbocycles. The van der Waals surface area contributed by atoms with Gasteiger partial charge in [0.15, 0.2) is 0 Å². The number of halogens is 2. The molecule has 20 heavy (non-hydrogen) atoms. The number of amides is 2. The fourth-order valence-electron chi connectivity index (χ4n) is 1.98. The summed E-state index contributed by atoms with van der Waals surface area (Å²) >= 11 is 11.7. The Morgan fingerprint density at radius 2 is 2.05 bits per heavy atom. The van der Waals surface area contributed by atoms with E-state index < -0.39 is 11.9 Å². The maximum absolute atomic E-state index is 11.9. The quantitative estimate of drug-likeness (QED) is 0.899. The van der Waals surface area contributed by atoms with Crippen LogP contribution in [0.3, 0.4) is 0 Å². The molecule has 1 fully saturated rings. The summed E-state index contributed by atoms with van der Waals surface area (Å²) in [5.41, 5.74) is 0.482. The molecule has 1 unspecified atom stereocenters. The van der Waals surface area contributed by atoms with Crippen LogP contribution in [0, 0.1) is 11.8 Å².